The summed E-state index contributed by atoms with van der Waals surface area (Å²) in [6.45, 7) is -0.306. The van der Waals surface area contributed by atoms with E-state index in [2.05, 4.69) is 10.2 Å². The van der Waals surface area contributed by atoms with Crippen LogP contribution in [-0.4, -0.2) is 54.1 Å². The molecule has 0 N–H and O–H groups in total. The molecule has 34 heavy (non-hydrogen) atoms. The molecule has 1 aliphatic rings. The second-order valence-electron chi connectivity index (χ2n) is 7.54. The Balaban J connectivity index is 1.60. The van der Waals surface area contributed by atoms with Crippen LogP contribution in [0.2, 0.25) is 0 Å². The van der Waals surface area contributed by atoms with Gasteiger partial charge in [0.05, 0.1) is 18.1 Å². The Morgan fingerprint density at radius 3 is 2.32 bits per heavy atom. The molecule has 0 radical (unpaired) electrons. The van der Waals surface area contributed by atoms with Crippen molar-refractivity contribution in [1.29, 1.82) is 0 Å². The van der Waals surface area contributed by atoms with Crippen molar-refractivity contribution in [3.63, 3.8) is 0 Å². The summed E-state index contributed by atoms with van der Waals surface area (Å²) in [5, 5.41) is 6.68. The minimum absolute atomic E-state index is 0.0239. The number of anilines is 1. The van der Waals surface area contributed by atoms with Gasteiger partial charge < -0.3 is 9.32 Å². The Kier molecular flexibility index (Phi) is 6.55. The highest BCUT2D eigenvalue weighted by molar-refractivity contribution is 7.91. The molecule has 180 valence electrons. The highest BCUT2D eigenvalue weighted by Crippen LogP contribution is 2.27. The molecule has 8 nitrogen and oxygen atoms in total. The van der Waals surface area contributed by atoms with E-state index in [1.807, 2.05) is 0 Å². The van der Waals surface area contributed by atoms with Crippen LogP contribution in [0.1, 0.15) is 17.9 Å². The lowest BCUT2D eigenvalue weighted by atomic mass is 10.1. The molecular weight excluding hydrogens is 480 g/mol. The predicted molar refractivity (Wildman–Crippen MR) is 113 cm³/mol. The molecule has 0 aliphatic carbocycles. The van der Waals surface area contributed by atoms with E-state index in [-0.39, 0.29) is 53.8 Å². The second-order valence-corrected chi connectivity index (χ2v) is 9.84. The zero-order valence-electron chi connectivity index (χ0n) is 17.5. The van der Waals surface area contributed by atoms with Crippen LogP contribution in [0.4, 0.5) is 28.0 Å². The van der Waals surface area contributed by atoms with Crippen molar-refractivity contribution < 1.29 is 35.2 Å². The number of alkyl halides is 2. The average molecular weight is 498 g/mol. The molecular formula is C21H18F4N4O4S. The van der Waals surface area contributed by atoms with Crippen molar-refractivity contribution in [2.75, 3.05) is 29.5 Å². The zero-order chi connectivity index (χ0) is 24.5. The molecule has 0 atom stereocenters. The van der Waals surface area contributed by atoms with Crippen LogP contribution >= 0.6 is 0 Å². The SMILES string of the molecule is O=C(N1CCS(=O)(=O)CC1)N(Cc1ccc(-c2nnc(C(F)F)o2)cc1F)c1ccc(F)cc1. The lowest BCUT2D eigenvalue weighted by molar-refractivity contribution is 0.116. The Bertz CT molecular complexity index is 1280. The molecule has 2 amide bonds. The fourth-order valence-electron chi connectivity index (χ4n) is 3.38. The summed E-state index contributed by atoms with van der Waals surface area (Å²) in [6.07, 6.45) is -2.97. The largest absolute Gasteiger partial charge is 0.415 e. The number of nitrogens with zero attached hydrogens (tertiary/aromatic N) is 4. The van der Waals surface area contributed by atoms with Gasteiger partial charge in [0.1, 0.15) is 11.6 Å². The van der Waals surface area contributed by atoms with Gasteiger partial charge in [-0.15, -0.1) is 10.2 Å². The van der Waals surface area contributed by atoms with Gasteiger partial charge in [-0.05, 0) is 36.4 Å². The van der Waals surface area contributed by atoms with Gasteiger partial charge in [0.25, 0.3) is 5.89 Å². The number of hydrogen-bond acceptors (Lipinski definition) is 6. The van der Waals surface area contributed by atoms with E-state index in [9.17, 15) is 30.8 Å². The van der Waals surface area contributed by atoms with Gasteiger partial charge in [0.15, 0.2) is 9.84 Å². The van der Waals surface area contributed by atoms with Gasteiger partial charge in [-0.3, -0.25) is 4.90 Å². The first kappa shape index (κ1) is 23.7. The molecule has 2 heterocycles. The lowest BCUT2D eigenvalue weighted by Gasteiger charge is -2.33. The van der Waals surface area contributed by atoms with E-state index in [1.54, 1.807) is 0 Å². The van der Waals surface area contributed by atoms with Crippen molar-refractivity contribution in [2.24, 2.45) is 0 Å². The van der Waals surface area contributed by atoms with Gasteiger partial charge in [0, 0.05) is 29.9 Å². The molecule has 3 aromatic rings. The van der Waals surface area contributed by atoms with Crippen molar-refractivity contribution >= 4 is 21.6 Å². The second kappa shape index (κ2) is 9.41. The minimum Gasteiger partial charge on any atom is -0.415 e. The number of sulfone groups is 1. The van der Waals surface area contributed by atoms with Gasteiger partial charge in [-0.1, -0.05) is 6.07 Å². The van der Waals surface area contributed by atoms with E-state index in [0.29, 0.717) is 0 Å². The van der Waals surface area contributed by atoms with Crippen LogP contribution in [0.5, 0.6) is 0 Å². The number of benzene rings is 2. The number of carbonyl (C=O) groups excluding carboxylic acids is 1. The molecule has 1 aliphatic heterocycles. The molecule has 0 saturated carbocycles. The minimum atomic E-state index is -3.23. The number of urea groups is 1. The third-order valence-electron chi connectivity index (χ3n) is 5.24. The monoisotopic (exact) mass is 498 g/mol. The standard InChI is InChI=1S/C21H18F4N4O4S/c22-15-3-5-16(6-4-15)29(21(30)28-7-9-34(31,32)10-8-28)12-14-2-1-13(11-17(14)23)19-26-27-20(33-19)18(24)25/h1-6,11,18H,7-10,12H2. The summed E-state index contributed by atoms with van der Waals surface area (Å²) in [5.74, 6) is -2.86. The number of rotatable bonds is 5. The maximum atomic E-state index is 14.9. The van der Waals surface area contributed by atoms with E-state index >= 15 is 0 Å². The Morgan fingerprint density at radius 2 is 1.74 bits per heavy atom. The first-order valence-electron chi connectivity index (χ1n) is 10.1. The topological polar surface area (TPSA) is 96.6 Å². The van der Waals surface area contributed by atoms with Gasteiger partial charge in [0.2, 0.25) is 5.89 Å². The molecule has 1 aromatic heterocycles. The summed E-state index contributed by atoms with van der Waals surface area (Å²) in [6, 6.07) is 8.15. The maximum absolute atomic E-state index is 14.9. The van der Waals surface area contributed by atoms with Crippen LogP contribution in [-0.2, 0) is 16.4 Å². The van der Waals surface area contributed by atoms with E-state index < -0.39 is 39.8 Å². The molecule has 0 unspecified atom stereocenters. The Morgan fingerprint density at radius 1 is 1.06 bits per heavy atom. The fraction of sp³-hybridized carbons (Fsp3) is 0.286. The Labute approximate surface area is 191 Å². The quantitative estimate of drug-likeness (QED) is 0.497. The van der Waals surface area contributed by atoms with Gasteiger partial charge in [-0.25, -0.2) is 22.0 Å². The van der Waals surface area contributed by atoms with Crippen molar-refractivity contribution in [1.82, 2.24) is 15.1 Å². The number of carbonyl (C=O) groups is 1. The number of amides is 2. The molecule has 0 bridgehead atoms. The summed E-state index contributed by atoms with van der Waals surface area (Å²) in [4.78, 5) is 15.7. The van der Waals surface area contributed by atoms with Gasteiger partial charge in [-0.2, -0.15) is 8.78 Å². The third kappa shape index (κ3) is 5.19. The number of halogens is 4. The van der Waals surface area contributed by atoms with Crippen LogP contribution < -0.4 is 4.90 Å². The maximum Gasteiger partial charge on any atom is 0.324 e. The van der Waals surface area contributed by atoms with E-state index in [1.165, 1.54) is 34.1 Å². The van der Waals surface area contributed by atoms with Crippen molar-refractivity contribution in [2.45, 2.75) is 13.0 Å². The van der Waals surface area contributed by atoms with Crippen LogP contribution in [0.25, 0.3) is 11.5 Å². The van der Waals surface area contributed by atoms with Crippen LogP contribution in [0, 0.1) is 11.6 Å². The predicted octanol–water partition coefficient (Wildman–Crippen LogP) is 3.81. The summed E-state index contributed by atoms with van der Waals surface area (Å²) < 4.78 is 82.0. The summed E-state index contributed by atoms with van der Waals surface area (Å²) >= 11 is 0. The smallest absolute Gasteiger partial charge is 0.324 e. The fourth-order valence-corrected chi connectivity index (χ4v) is 4.58. The molecule has 1 saturated heterocycles. The molecule has 1 fully saturated rings. The summed E-state index contributed by atoms with van der Waals surface area (Å²) in [7, 11) is -3.23. The van der Waals surface area contributed by atoms with E-state index in [0.717, 1.165) is 18.2 Å². The first-order chi connectivity index (χ1) is 16.1. The summed E-state index contributed by atoms with van der Waals surface area (Å²) in [5.41, 5.74) is 0.419. The third-order valence-corrected chi connectivity index (χ3v) is 6.85. The molecule has 13 heteroatoms. The van der Waals surface area contributed by atoms with E-state index in [4.69, 9.17) is 4.42 Å². The normalized spacial score (nSPS) is 15.5. The Hall–Kier alpha value is -3.48. The number of aromatic nitrogens is 2. The zero-order valence-corrected chi connectivity index (χ0v) is 18.3. The van der Waals surface area contributed by atoms with Crippen LogP contribution in [0.15, 0.2) is 46.9 Å². The lowest BCUT2D eigenvalue weighted by Crippen LogP contribution is -2.49. The van der Waals surface area contributed by atoms with Gasteiger partial charge >= 0.3 is 12.5 Å². The first-order valence-corrected chi connectivity index (χ1v) is 11.9. The molecule has 0 spiro atoms. The van der Waals surface area contributed by atoms with Crippen molar-refractivity contribution in [3.05, 3.63) is 65.6 Å². The molecule has 4 rings (SSSR count). The highest BCUT2D eigenvalue weighted by atomic mass is 32.2. The average Bonchev–Trinajstić information content (AvgIpc) is 3.29. The number of hydrogen-bond donors (Lipinski definition) is 0. The van der Waals surface area contributed by atoms with Crippen molar-refractivity contribution in [3.8, 4) is 11.5 Å². The van der Waals surface area contributed by atoms with Crippen LogP contribution in [0.3, 0.4) is 0 Å². The highest BCUT2D eigenvalue weighted by Gasteiger charge is 2.29. The molecule has 2 aromatic carbocycles.